The van der Waals surface area contributed by atoms with Crippen LogP contribution in [0.25, 0.3) is 0 Å². The molecule has 3 rings (SSSR count). The molecule has 1 aliphatic rings. The quantitative estimate of drug-likeness (QED) is 0.924. The lowest BCUT2D eigenvalue weighted by Gasteiger charge is -2.19. The minimum absolute atomic E-state index is 0.335. The molecule has 1 atom stereocenters. The van der Waals surface area contributed by atoms with Crippen LogP contribution in [0.1, 0.15) is 35.8 Å². The van der Waals surface area contributed by atoms with Gasteiger partial charge in [0.2, 0.25) is 0 Å². The molecular weight excluding hydrogens is 270 g/mol. The summed E-state index contributed by atoms with van der Waals surface area (Å²) in [4.78, 5) is 23.7. The summed E-state index contributed by atoms with van der Waals surface area (Å²) in [7, 11) is 0. The van der Waals surface area contributed by atoms with E-state index in [1.807, 2.05) is 31.2 Å². The highest BCUT2D eigenvalue weighted by atomic mass is 16.4. The average Bonchev–Trinajstić information content (AvgIpc) is 2.78. The summed E-state index contributed by atoms with van der Waals surface area (Å²) in [5.74, 6) is -0.390. The first-order valence-corrected chi connectivity index (χ1v) is 7.03. The number of carboxylic acids is 1. The lowest BCUT2D eigenvalue weighted by molar-refractivity contribution is -0.141. The van der Waals surface area contributed by atoms with Gasteiger partial charge in [-0.2, -0.15) is 5.10 Å². The van der Waals surface area contributed by atoms with E-state index in [-0.39, 0.29) is 5.69 Å². The predicted octanol–water partition coefficient (Wildman–Crippen LogP) is 1.36. The Kier molecular flexibility index (Phi) is 3.37. The maximum Gasteiger partial charge on any atom is 0.347 e. The first-order valence-electron chi connectivity index (χ1n) is 7.03. The second-order valence-electron chi connectivity index (χ2n) is 5.46. The SMILES string of the molecule is Cc1ccc(Cn2nc3n(c2=O)[C@H](C(=O)O)CCC3)cc1. The minimum atomic E-state index is -0.965. The van der Waals surface area contributed by atoms with Crippen LogP contribution >= 0.6 is 0 Å². The van der Waals surface area contributed by atoms with E-state index in [9.17, 15) is 14.7 Å². The van der Waals surface area contributed by atoms with Gasteiger partial charge in [0.25, 0.3) is 0 Å². The van der Waals surface area contributed by atoms with Gasteiger partial charge in [-0.3, -0.25) is 4.57 Å². The molecule has 0 amide bonds. The van der Waals surface area contributed by atoms with Crippen molar-refractivity contribution in [2.24, 2.45) is 0 Å². The van der Waals surface area contributed by atoms with E-state index < -0.39 is 12.0 Å². The molecule has 0 radical (unpaired) electrons. The van der Waals surface area contributed by atoms with Crippen molar-refractivity contribution in [2.75, 3.05) is 0 Å². The molecule has 0 fully saturated rings. The molecule has 0 bridgehead atoms. The van der Waals surface area contributed by atoms with E-state index in [0.717, 1.165) is 17.5 Å². The Morgan fingerprint density at radius 3 is 2.76 bits per heavy atom. The number of aliphatic carboxylic acids is 1. The molecular formula is C15H17N3O3. The molecule has 1 aromatic carbocycles. The highest BCUT2D eigenvalue weighted by Crippen LogP contribution is 2.21. The topological polar surface area (TPSA) is 77.1 Å². The number of nitrogens with zero attached hydrogens (tertiary/aromatic N) is 3. The molecule has 0 saturated heterocycles. The Labute approximate surface area is 121 Å². The number of hydrogen-bond donors (Lipinski definition) is 1. The Balaban J connectivity index is 1.96. The fraction of sp³-hybridized carbons (Fsp3) is 0.400. The van der Waals surface area contributed by atoms with Gasteiger partial charge in [-0.1, -0.05) is 29.8 Å². The standard InChI is InChI=1S/C15H17N3O3/c1-10-5-7-11(8-6-10)9-17-15(21)18-12(14(19)20)3-2-4-13(18)16-17/h5-8,12H,2-4,9H2,1H3,(H,19,20)/t12-/m0/s1. The van der Waals surface area contributed by atoms with E-state index >= 15 is 0 Å². The van der Waals surface area contributed by atoms with E-state index in [1.54, 1.807) is 0 Å². The molecule has 1 aliphatic heterocycles. The lowest BCUT2D eigenvalue weighted by Crippen LogP contribution is -2.34. The Hall–Kier alpha value is -2.37. The maximum atomic E-state index is 12.4. The molecule has 0 unspecified atom stereocenters. The average molecular weight is 287 g/mol. The molecule has 0 spiro atoms. The number of hydrogen-bond acceptors (Lipinski definition) is 3. The molecule has 0 aliphatic carbocycles. The smallest absolute Gasteiger partial charge is 0.347 e. The van der Waals surface area contributed by atoms with Gasteiger partial charge in [0.1, 0.15) is 11.9 Å². The number of carbonyl (C=O) groups is 1. The number of fused-ring (bicyclic) bond motifs is 1. The third kappa shape index (κ3) is 2.49. The molecule has 6 nitrogen and oxygen atoms in total. The lowest BCUT2D eigenvalue weighted by atomic mass is 10.1. The second-order valence-corrected chi connectivity index (χ2v) is 5.46. The summed E-state index contributed by atoms with van der Waals surface area (Å²) in [5.41, 5.74) is 1.80. The van der Waals surface area contributed by atoms with E-state index in [4.69, 9.17) is 0 Å². The molecule has 1 N–H and O–H groups in total. The largest absolute Gasteiger partial charge is 0.480 e. The zero-order valence-corrected chi connectivity index (χ0v) is 11.8. The van der Waals surface area contributed by atoms with Crippen LogP contribution in [-0.4, -0.2) is 25.4 Å². The number of aromatic nitrogens is 3. The van der Waals surface area contributed by atoms with Gasteiger partial charge >= 0.3 is 11.7 Å². The summed E-state index contributed by atoms with van der Waals surface area (Å²) in [6.07, 6.45) is 1.89. The van der Waals surface area contributed by atoms with Crippen LogP contribution in [0, 0.1) is 6.92 Å². The second kappa shape index (κ2) is 5.20. The molecule has 21 heavy (non-hydrogen) atoms. The van der Waals surface area contributed by atoms with Crippen molar-refractivity contribution < 1.29 is 9.90 Å². The first kappa shape index (κ1) is 13.6. The molecule has 1 aromatic heterocycles. The Morgan fingerprint density at radius 2 is 2.10 bits per heavy atom. The Morgan fingerprint density at radius 1 is 1.38 bits per heavy atom. The van der Waals surface area contributed by atoms with Crippen LogP contribution in [0.5, 0.6) is 0 Å². The fourth-order valence-electron chi connectivity index (χ4n) is 2.73. The number of carboxylic acid groups (broad SMARTS) is 1. The summed E-state index contributed by atoms with van der Waals surface area (Å²) < 4.78 is 2.70. The monoisotopic (exact) mass is 287 g/mol. The van der Waals surface area contributed by atoms with Crippen molar-refractivity contribution in [3.63, 3.8) is 0 Å². The van der Waals surface area contributed by atoms with Gasteiger partial charge in [-0.25, -0.2) is 14.3 Å². The number of rotatable bonds is 3. The van der Waals surface area contributed by atoms with Gasteiger partial charge in [0.15, 0.2) is 0 Å². The first-order chi connectivity index (χ1) is 10.1. The summed E-state index contributed by atoms with van der Waals surface area (Å²) in [6.45, 7) is 2.37. The maximum absolute atomic E-state index is 12.4. The van der Waals surface area contributed by atoms with Crippen LogP contribution in [0.15, 0.2) is 29.1 Å². The zero-order valence-electron chi connectivity index (χ0n) is 11.8. The molecule has 6 heteroatoms. The van der Waals surface area contributed by atoms with Crippen LogP contribution in [0.2, 0.25) is 0 Å². The highest BCUT2D eigenvalue weighted by molar-refractivity contribution is 5.72. The van der Waals surface area contributed by atoms with E-state index in [0.29, 0.717) is 25.2 Å². The van der Waals surface area contributed by atoms with Crippen LogP contribution in [0.4, 0.5) is 0 Å². The van der Waals surface area contributed by atoms with Crippen molar-refractivity contribution in [3.05, 3.63) is 51.7 Å². The predicted molar refractivity (Wildman–Crippen MR) is 76.4 cm³/mol. The number of aryl methyl sites for hydroxylation is 2. The Bertz CT molecular complexity index is 728. The van der Waals surface area contributed by atoms with Crippen molar-refractivity contribution in [2.45, 2.75) is 38.8 Å². The van der Waals surface area contributed by atoms with E-state index in [2.05, 4.69) is 5.10 Å². The van der Waals surface area contributed by atoms with Gasteiger partial charge < -0.3 is 5.11 Å². The van der Waals surface area contributed by atoms with Crippen molar-refractivity contribution >= 4 is 5.97 Å². The number of benzene rings is 1. The van der Waals surface area contributed by atoms with Gasteiger partial charge in [0.05, 0.1) is 6.54 Å². The summed E-state index contributed by atoms with van der Waals surface area (Å²) in [6, 6.07) is 7.09. The van der Waals surface area contributed by atoms with Gasteiger partial charge in [-0.05, 0) is 25.3 Å². The van der Waals surface area contributed by atoms with Crippen molar-refractivity contribution in [1.82, 2.24) is 14.3 Å². The van der Waals surface area contributed by atoms with E-state index in [1.165, 1.54) is 9.25 Å². The molecule has 0 saturated carbocycles. The minimum Gasteiger partial charge on any atom is -0.480 e. The van der Waals surface area contributed by atoms with Crippen LogP contribution in [-0.2, 0) is 17.8 Å². The van der Waals surface area contributed by atoms with Crippen LogP contribution in [0.3, 0.4) is 0 Å². The molecule has 2 aromatic rings. The third-order valence-electron chi connectivity index (χ3n) is 3.87. The normalized spacial score (nSPS) is 17.5. The van der Waals surface area contributed by atoms with Crippen molar-refractivity contribution in [3.8, 4) is 0 Å². The molecule has 2 heterocycles. The summed E-state index contributed by atoms with van der Waals surface area (Å²) in [5, 5.41) is 13.5. The summed E-state index contributed by atoms with van der Waals surface area (Å²) >= 11 is 0. The van der Waals surface area contributed by atoms with Gasteiger partial charge in [-0.15, -0.1) is 0 Å². The van der Waals surface area contributed by atoms with Crippen LogP contribution < -0.4 is 5.69 Å². The van der Waals surface area contributed by atoms with Crippen molar-refractivity contribution in [1.29, 1.82) is 0 Å². The van der Waals surface area contributed by atoms with Gasteiger partial charge in [0, 0.05) is 6.42 Å². The zero-order chi connectivity index (χ0) is 15.0. The molecule has 110 valence electrons. The third-order valence-corrected chi connectivity index (χ3v) is 3.87. The fourth-order valence-corrected chi connectivity index (χ4v) is 2.73. The highest BCUT2D eigenvalue weighted by Gasteiger charge is 2.30.